The van der Waals surface area contributed by atoms with E-state index in [1.807, 2.05) is 6.92 Å². The summed E-state index contributed by atoms with van der Waals surface area (Å²) < 4.78 is 5.63. The summed E-state index contributed by atoms with van der Waals surface area (Å²) in [6.45, 7) is 6.95. The average molecular weight is 172 g/mol. The van der Waals surface area contributed by atoms with Crippen molar-refractivity contribution in [3.05, 3.63) is 0 Å². The molecule has 0 saturated heterocycles. The molecule has 0 spiro atoms. The molecule has 0 amide bonds. The van der Waals surface area contributed by atoms with E-state index in [4.69, 9.17) is 4.74 Å². The molecule has 12 heavy (non-hydrogen) atoms. The number of ether oxygens (including phenoxy) is 1. The van der Waals surface area contributed by atoms with E-state index in [0.29, 0.717) is 6.42 Å². The van der Waals surface area contributed by atoms with Crippen molar-refractivity contribution in [1.82, 2.24) is 0 Å². The van der Waals surface area contributed by atoms with Crippen molar-refractivity contribution in [3.8, 4) is 0 Å². The Bertz CT molecular complexity index is 123. The normalized spacial score (nSPS) is 15.6. The van der Waals surface area contributed by atoms with Crippen molar-refractivity contribution in [3.63, 3.8) is 0 Å². The lowest BCUT2D eigenvalue weighted by Gasteiger charge is -2.26. The van der Waals surface area contributed by atoms with Crippen LogP contribution in [0.5, 0.6) is 0 Å². The predicted octanol–water partition coefficient (Wildman–Crippen LogP) is 2.56. The molecule has 0 aliphatic rings. The number of carbonyl (C=O) groups is 1. The summed E-state index contributed by atoms with van der Waals surface area (Å²) in [4.78, 5) is 10.3. The number of carbonyl (C=O) groups excluding carboxylic acids is 1. The van der Waals surface area contributed by atoms with Crippen LogP contribution in [-0.2, 0) is 9.53 Å². The molecule has 0 aromatic rings. The average Bonchev–Trinajstić information content (AvgIpc) is 2.06. The molecule has 0 bridgehead atoms. The monoisotopic (exact) mass is 172 g/mol. The second-order valence-corrected chi connectivity index (χ2v) is 3.38. The molecule has 0 rings (SSSR count). The summed E-state index contributed by atoms with van der Waals surface area (Å²) in [5.74, 6) is 0. The molecule has 0 heterocycles. The first-order chi connectivity index (χ1) is 5.68. The summed E-state index contributed by atoms with van der Waals surface area (Å²) in [7, 11) is 0. The van der Waals surface area contributed by atoms with Crippen LogP contribution in [0.4, 0.5) is 0 Å². The molecule has 2 heteroatoms. The molecular formula is C10H20O2. The highest BCUT2D eigenvalue weighted by Gasteiger charge is 2.21. The molecule has 0 N–H and O–H groups in total. The Morgan fingerprint density at radius 3 is 2.50 bits per heavy atom. The molecule has 72 valence electrons. The summed E-state index contributed by atoms with van der Waals surface area (Å²) in [5.41, 5.74) is -0.225. The van der Waals surface area contributed by atoms with Gasteiger partial charge in [0.15, 0.2) is 0 Å². The van der Waals surface area contributed by atoms with Crippen molar-refractivity contribution in [2.24, 2.45) is 0 Å². The van der Waals surface area contributed by atoms with Crippen LogP contribution in [0, 0.1) is 0 Å². The Kier molecular flexibility index (Phi) is 5.99. The van der Waals surface area contributed by atoms with Gasteiger partial charge in [-0.1, -0.05) is 20.3 Å². The minimum absolute atomic E-state index is 0.225. The molecule has 0 aromatic carbocycles. The maximum absolute atomic E-state index is 10.3. The van der Waals surface area contributed by atoms with Crippen molar-refractivity contribution in [1.29, 1.82) is 0 Å². The first-order valence-corrected chi connectivity index (χ1v) is 4.76. The van der Waals surface area contributed by atoms with Crippen LogP contribution in [0.15, 0.2) is 0 Å². The SMILES string of the molecule is CCCCOC(C)(CC)CC=O. The van der Waals surface area contributed by atoms with Gasteiger partial charge in [0.25, 0.3) is 0 Å². The lowest BCUT2D eigenvalue weighted by atomic mass is 10.00. The van der Waals surface area contributed by atoms with Crippen LogP contribution in [-0.4, -0.2) is 18.5 Å². The highest BCUT2D eigenvalue weighted by molar-refractivity contribution is 5.51. The van der Waals surface area contributed by atoms with Crippen LogP contribution in [0.2, 0.25) is 0 Å². The highest BCUT2D eigenvalue weighted by atomic mass is 16.5. The van der Waals surface area contributed by atoms with Crippen molar-refractivity contribution < 1.29 is 9.53 Å². The van der Waals surface area contributed by atoms with Crippen molar-refractivity contribution in [2.45, 2.75) is 52.1 Å². The van der Waals surface area contributed by atoms with Gasteiger partial charge in [-0.2, -0.15) is 0 Å². The van der Waals surface area contributed by atoms with Crippen LogP contribution in [0.25, 0.3) is 0 Å². The molecule has 0 aliphatic carbocycles. The van der Waals surface area contributed by atoms with Crippen LogP contribution >= 0.6 is 0 Å². The topological polar surface area (TPSA) is 26.3 Å². The van der Waals surface area contributed by atoms with E-state index in [1.54, 1.807) is 0 Å². The third kappa shape index (κ3) is 4.50. The molecule has 0 saturated carbocycles. The van der Waals surface area contributed by atoms with Gasteiger partial charge in [-0.25, -0.2) is 0 Å². The molecule has 0 fully saturated rings. The van der Waals surface area contributed by atoms with Gasteiger partial charge in [0.05, 0.1) is 5.60 Å². The van der Waals surface area contributed by atoms with Gasteiger partial charge in [-0.3, -0.25) is 0 Å². The zero-order chi connectivity index (χ0) is 9.45. The van der Waals surface area contributed by atoms with E-state index in [-0.39, 0.29) is 5.60 Å². The van der Waals surface area contributed by atoms with E-state index in [9.17, 15) is 4.79 Å². The fourth-order valence-corrected chi connectivity index (χ4v) is 0.945. The van der Waals surface area contributed by atoms with Gasteiger partial charge in [0.2, 0.25) is 0 Å². The fraction of sp³-hybridized carbons (Fsp3) is 0.900. The van der Waals surface area contributed by atoms with Crippen LogP contribution < -0.4 is 0 Å². The first kappa shape index (κ1) is 11.6. The second-order valence-electron chi connectivity index (χ2n) is 3.38. The lowest BCUT2D eigenvalue weighted by molar-refractivity contribution is -0.115. The quantitative estimate of drug-likeness (QED) is 0.436. The number of unbranched alkanes of at least 4 members (excludes halogenated alkanes) is 1. The van der Waals surface area contributed by atoms with Crippen LogP contribution in [0.1, 0.15) is 46.5 Å². The van der Waals surface area contributed by atoms with E-state index in [1.165, 1.54) is 0 Å². The Morgan fingerprint density at radius 2 is 2.08 bits per heavy atom. The molecule has 1 atom stereocenters. The van der Waals surface area contributed by atoms with Gasteiger partial charge in [0, 0.05) is 13.0 Å². The Morgan fingerprint density at radius 1 is 1.42 bits per heavy atom. The number of rotatable bonds is 7. The largest absolute Gasteiger partial charge is 0.375 e. The summed E-state index contributed by atoms with van der Waals surface area (Å²) in [6.07, 6.45) is 4.56. The lowest BCUT2D eigenvalue weighted by Crippen LogP contribution is -2.28. The molecule has 1 unspecified atom stereocenters. The second kappa shape index (κ2) is 6.18. The number of aldehydes is 1. The fourth-order valence-electron chi connectivity index (χ4n) is 0.945. The third-order valence-corrected chi connectivity index (χ3v) is 2.21. The molecular weight excluding hydrogens is 152 g/mol. The summed E-state index contributed by atoms with van der Waals surface area (Å²) >= 11 is 0. The standard InChI is InChI=1S/C10H20O2/c1-4-6-9-12-10(3,5-2)7-8-11/h8H,4-7,9H2,1-3H3. The molecule has 2 nitrogen and oxygen atoms in total. The smallest absolute Gasteiger partial charge is 0.122 e. The van der Waals surface area contributed by atoms with Crippen molar-refractivity contribution >= 4 is 6.29 Å². The predicted molar refractivity (Wildman–Crippen MR) is 50.2 cm³/mol. The van der Waals surface area contributed by atoms with Gasteiger partial charge in [-0.05, 0) is 19.8 Å². The Balaban J connectivity index is 3.70. The third-order valence-electron chi connectivity index (χ3n) is 2.21. The minimum atomic E-state index is -0.225. The minimum Gasteiger partial charge on any atom is -0.375 e. The Labute approximate surface area is 75.3 Å². The van der Waals surface area contributed by atoms with Gasteiger partial charge in [0.1, 0.15) is 6.29 Å². The summed E-state index contributed by atoms with van der Waals surface area (Å²) in [5, 5.41) is 0. The van der Waals surface area contributed by atoms with E-state index in [0.717, 1.165) is 32.2 Å². The summed E-state index contributed by atoms with van der Waals surface area (Å²) in [6, 6.07) is 0. The molecule has 0 aromatic heterocycles. The van der Waals surface area contributed by atoms with E-state index >= 15 is 0 Å². The van der Waals surface area contributed by atoms with E-state index in [2.05, 4.69) is 13.8 Å². The zero-order valence-corrected chi connectivity index (χ0v) is 8.43. The maximum atomic E-state index is 10.3. The Hall–Kier alpha value is -0.370. The number of hydrogen-bond acceptors (Lipinski definition) is 2. The van der Waals surface area contributed by atoms with Gasteiger partial charge in [-0.15, -0.1) is 0 Å². The van der Waals surface area contributed by atoms with Gasteiger partial charge >= 0.3 is 0 Å². The first-order valence-electron chi connectivity index (χ1n) is 4.76. The highest BCUT2D eigenvalue weighted by Crippen LogP contribution is 2.18. The number of hydrogen-bond donors (Lipinski definition) is 0. The van der Waals surface area contributed by atoms with Crippen LogP contribution in [0.3, 0.4) is 0 Å². The molecule has 0 aliphatic heterocycles. The van der Waals surface area contributed by atoms with Crippen molar-refractivity contribution in [2.75, 3.05) is 6.61 Å². The maximum Gasteiger partial charge on any atom is 0.122 e. The molecule has 0 radical (unpaired) electrons. The van der Waals surface area contributed by atoms with Gasteiger partial charge < -0.3 is 9.53 Å². The zero-order valence-electron chi connectivity index (χ0n) is 8.43. The van der Waals surface area contributed by atoms with E-state index < -0.39 is 0 Å².